The zero-order chi connectivity index (χ0) is 17.5. The number of carbonyl (C=O) groups excluding carboxylic acids is 1. The van der Waals surface area contributed by atoms with Crippen molar-refractivity contribution in [3.8, 4) is 0 Å². The van der Waals surface area contributed by atoms with Crippen molar-refractivity contribution < 1.29 is 9.53 Å². The van der Waals surface area contributed by atoms with E-state index in [1.165, 1.54) is 6.33 Å². The van der Waals surface area contributed by atoms with Crippen LogP contribution in [0.15, 0.2) is 43.0 Å². The average molecular weight is 343 g/mol. The second-order valence-corrected chi connectivity index (χ2v) is 6.26. The Morgan fingerprint density at radius 2 is 2.24 bits per heavy atom. The summed E-state index contributed by atoms with van der Waals surface area (Å²) in [4.78, 5) is 18.6. The third kappa shape index (κ3) is 4.79. The normalized spacial score (nSPS) is 18.8. The Morgan fingerprint density at radius 1 is 1.40 bits per heavy atom. The number of morpholine rings is 1. The van der Waals surface area contributed by atoms with Gasteiger partial charge in [-0.3, -0.25) is 4.68 Å². The van der Waals surface area contributed by atoms with Crippen molar-refractivity contribution in [2.45, 2.75) is 38.5 Å². The van der Waals surface area contributed by atoms with E-state index < -0.39 is 0 Å². The summed E-state index contributed by atoms with van der Waals surface area (Å²) in [6.45, 7) is 4.53. The number of aromatic nitrogens is 3. The first-order valence-electron chi connectivity index (χ1n) is 8.80. The molecule has 0 saturated carbocycles. The molecule has 2 aromatic rings. The first kappa shape index (κ1) is 17.4. The van der Waals surface area contributed by atoms with Gasteiger partial charge >= 0.3 is 6.03 Å². The van der Waals surface area contributed by atoms with E-state index in [0.29, 0.717) is 26.2 Å². The minimum Gasteiger partial charge on any atom is -0.375 e. The van der Waals surface area contributed by atoms with E-state index in [-0.39, 0.29) is 18.2 Å². The molecule has 7 nitrogen and oxygen atoms in total. The molecule has 134 valence electrons. The Morgan fingerprint density at radius 3 is 2.96 bits per heavy atom. The van der Waals surface area contributed by atoms with Gasteiger partial charge in [0, 0.05) is 13.1 Å². The van der Waals surface area contributed by atoms with E-state index in [1.807, 2.05) is 35.2 Å². The summed E-state index contributed by atoms with van der Waals surface area (Å²) in [5.74, 6) is 0. The van der Waals surface area contributed by atoms with Crippen LogP contribution < -0.4 is 5.32 Å². The van der Waals surface area contributed by atoms with Gasteiger partial charge in [-0.1, -0.05) is 43.7 Å². The van der Waals surface area contributed by atoms with E-state index in [1.54, 1.807) is 11.0 Å². The van der Waals surface area contributed by atoms with Crippen LogP contribution in [0.3, 0.4) is 0 Å². The number of rotatable bonds is 6. The molecule has 7 heteroatoms. The zero-order valence-electron chi connectivity index (χ0n) is 14.5. The molecule has 0 bridgehead atoms. The van der Waals surface area contributed by atoms with Gasteiger partial charge in [0.2, 0.25) is 0 Å². The van der Waals surface area contributed by atoms with Gasteiger partial charge in [-0.05, 0) is 12.0 Å². The van der Waals surface area contributed by atoms with Crippen LogP contribution in [0.2, 0.25) is 0 Å². The molecule has 1 aliphatic rings. The molecule has 2 amide bonds. The third-order valence-corrected chi connectivity index (χ3v) is 4.37. The lowest BCUT2D eigenvalue weighted by molar-refractivity contribution is -0.0185. The van der Waals surface area contributed by atoms with E-state index in [0.717, 1.165) is 18.4 Å². The molecule has 0 aliphatic carbocycles. The molecule has 0 radical (unpaired) electrons. The topological polar surface area (TPSA) is 72.3 Å². The van der Waals surface area contributed by atoms with Crippen LogP contribution in [0.5, 0.6) is 0 Å². The minimum atomic E-state index is -0.164. The van der Waals surface area contributed by atoms with E-state index in [4.69, 9.17) is 4.74 Å². The number of nitrogens with zero attached hydrogens (tertiary/aromatic N) is 4. The lowest BCUT2D eigenvalue weighted by Gasteiger charge is -2.34. The number of hydrogen-bond acceptors (Lipinski definition) is 4. The fraction of sp³-hybridized carbons (Fsp3) is 0.500. The molecular weight excluding hydrogens is 318 g/mol. The number of ether oxygens (including phenoxy) is 1. The maximum absolute atomic E-state index is 12.8. The van der Waals surface area contributed by atoms with Crippen LogP contribution in [0.25, 0.3) is 0 Å². The van der Waals surface area contributed by atoms with Crippen molar-refractivity contribution in [3.63, 3.8) is 0 Å². The quantitative estimate of drug-likeness (QED) is 0.873. The van der Waals surface area contributed by atoms with Gasteiger partial charge in [0.05, 0.1) is 25.3 Å². The van der Waals surface area contributed by atoms with Gasteiger partial charge < -0.3 is 15.0 Å². The van der Waals surface area contributed by atoms with Crippen LogP contribution in [-0.2, 0) is 11.3 Å². The van der Waals surface area contributed by atoms with Crippen LogP contribution in [0.1, 0.15) is 31.4 Å². The summed E-state index contributed by atoms with van der Waals surface area (Å²) in [5, 5.41) is 7.31. The predicted octanol–water partition coefficient (Wildman–Crippen LogP) is 2.23. The molecule has 2 atom stereocenters. The summed E-state index contributed by atoms with van der Waals surface area (Å²) in [6.07, 6.45) is 5.33. The molecular formula is C18H25N5O2. The molecule has 1 fully saturated rings. The molecule has 1 N–H and O–H groups in total. The highest BCUT2D eigenvalue weighted by Crippen LogP contribution is 2.16. The first-order chi connectivity index (χ1) is 12.3. The van der Waals surface area contributed by atoms with Gasteiger partial charge in [0.1, 0.15) is 12.7 Å². The molecule has 3 rings (SSSR count). The fourth-order valence-corrected chi connectivity index (χ4v) is 3.07. The van der Waals surface area contributed by atoms with Crippen molar-refractivity contribution in [1.29, 1.82) is 0 Å². The summed E-state index contributed by atoms with van der Waals surface area (Å²) < 4.78 is 7.46. The number of amides is 2. The Labute approximate surface area is 148 Å². The maximum atomic E-state index is 12.8. The number of benzene rings is 1. The van der Waals surface area contributed by atoms with Crippen LogP contribution >= 0.6 is 0 Å². The molecule has 1 aromatic carbocycles. The number of hydrogen-bond donors (Lipinski definition) is 1. The number of urea groups is 1. The summed E-state index contributed by atoms with van der Waals surface area (Å²) in [7, 11) is 0. The van der Waals surface area contributed by atoms with Gasteiger partial charge in [-0.15, -0.1) is 0 Å². The van der Waals surface area contributed by atoms with Crippen molar-refractivity contribution in [2.24, 2.45) is 0 Å². The monoisotopic (exact) mass is 343 g/mol. The smallest absolute Gasteiger partial charge is 0.318 e. The fourth-order valence-electron chi connectivity index (χ4n) is 3.07. The maximum Gasteiger partial charge on any atom is 0.318 e. The standard InChI is InChI=1S/C18H25N5O2/c1-2-6-16-11-22(9-10-25-16)18(24)21-17(12-23-14-19-13-20-23)15-7-4-3-5-8-15/h3-5,7-8,13-14,16-17H,2,6,9-12H2,1H3,(H,21,24)/t16-,17-/m1/s1. The Hall–Kier alpha value is -2.41. The minimum absolute atomic E-state index is 0.0571. The molecule has 1 aromatic heterocycles. The second-order valence-electron chi connectivity index (χ2n) is 6.26. The molecule has 0 spiro atoms. The predicted molar refractivity (Wildman–Crippen MR) is 94.0 cm³/mol. The van der Waals surface area contributed by atoms with Crippen molar-refractivity contribution >= 4 is 6.03 Å². The largest absolute Gasteiger partial charge is 0.375 e. The van der Waals surface area contributed by atoms with Crippen LogP contribution in [0.4, 0.5) is 4.79 Å². The van der Waals surface area contributed by atoms with E-state index in [2.05, 4.69) is 22.3 Å². The second kappa shape index (κ2) is 8.62. The lowest BCUT2D eigenvalue weighted by Crippen LogP contribution is -2.50. The Balaban J connectivity index is 1.67. The van der Waals surface area contributed by atoms with Crippen molar-refractivity contribution in [3.05, 3.63) is 48.5 Å². The van der Waals surface area contributed by atoms with Crippen LogP contribution in [-0.4, -0.2) is 51.5 Å². The lowest BCUT2D eigenvalue weighted by atomic mass is 10.1. The molecule has 2 heterocycles. The Kier molecular flexibility index (Phi) is 6.00. The number of nitrogens with one attached hydrogen (secondary N) is 1. The van der Waals surface area contributed by atoms with Gasteiger partial charge in [-0.25, -0.2) is 9.78 Å². The molecule has 1 aliphatic heterocycles. The summed E-state index contributed by atoms with van der Waals surface area (Å²) in [5.41, 5.74) is 1.05. The molecule has 25 heavy (non-hydrogen) atoms. The summed E-state index contributed by atoms with van der Waals surface area (Å²) in [6, 6.07) is 9.72. The van der Waals surface area contributed by atoms with Crippen LogP contribution in [0, 0.1) is 0 Å². The summed E-state index contributed by atoms with van der Waals surface area (Å²) >= 11 is 0. The van der Waals surface area contributed by atoms with Crippen molar-refractivity contribution in [2.75, 3.05) is 19.7 Å². The van der Waals surface area contributed by atoms with Gasteiger partial charge in [0.25, 0.3) is 0 Å². The van der Waals surface area contributed by atoms with Gasteiger partial charge in [-0.2, -0.15) is 5.10 Å². The Bertz CT molecular complexity index is 645. The highest BCUT2D eigenvalue weighted by molar-refractivity contribution is 5.74. The molecule has 0 unspecified atom stereocenters. The highest BCUT2D eigenvalue weighted by atomic mass is 16.5. The van der Waals surface area contributed by atoms with Crippen molar-refractivity contribution in [1.82, 2.24) is 25.0 Å². The highest BCUT2D eigenvalue weighted by Gasteiger charge is 2.25. The molecule has 1 saturated heterocycles. The van der Waals surface area contributed by atoms with E-state index >= 15 is 0 Å². The van der Waals surface area contributed by atoms with Gasteiger partial charge in [0.15, 0.2) is 0 Å². The number of carbonyl (C=O) groups is 1. The SMILES string of the molecule is CCC[C@@H]1CN(C(=O)N[C@H](Cn2cncn2)c2ccccc2)CCO1. The average Bonchev–Trinajstić information content (AvgIpc) is 3.15. The zero-order valence-corrected chi connectivity index (χ0v) is 14.5. The first-order valence-corrected chi connectivity index (χ1v) is 8.80. The van der Waals surface area contributed by atoms with E-state index in [9.17, 15) is 4.79 Å². The third-order valence-electron chi connectivity index (χ3n) is 4.37.